The first kappa shape index (κ1) is 19.5. The lowest BCUT2D eigenvalue weighted by Crippen LogP contribution is -2.31. The third-order valence-corrected chi connectivity index (χ3v) is 5.92. The van der Waals surface area contributed by atoms with Crippen LogP contribution in [-0.2, 0) is 11.3 Å². The minimum atomic E-state index is -1.41. The molecule has 1 N–H and O–H groups in total. The third-order valence-electron chi connectivity index (χ3n) is 4.63. The van der Waals surface area contributed by atoms with Crippen molar-refractivity contribution in [2.75, 3.05) is 4.90 Å². The summed E-state index contributed by atoms with van der Waals surface area (Å²) in [7, 11) is 0. The molecule has 1 heterocycles. The fourth-order valence-electron chi connectivity index (χ4n) is 3.10. The number of hydrogen-bond acceptors (Lipinski definition) is 4. The third kappa shape index (κ3) is 4.60. The summed E-state index contributed by atoms with van der Waals surface area (Å²) in [5.74, 6) is -0.0652. The van der Waals surface area contributed by atoms with E-state index < -0.39 is 6.16 Å². The van der Waals surface area contributed by atoms with Crippen LogP contribution in [0, 0.1) is 5.92 Å². The molecule has 0 aliphatic heterocycles. The van der Waals surface area contributed by atoms with Gasteiger partial charge in [0.1, 0.15) is 0 Å². The van der Waals surface area contributed by atoms with Crippen LogP contribution in [0.4, 0.5) is 10.5 Å². The number of carbonyl (C=O) groups excluding carboxylic acids is 1. The van der Waals surface area contributed by atoms with Gasteiger partial charge >= 0.3 is 6.16 Å². The monoisotopic (exact) mass is 427 g/mol. The molecule has 29 heavy (non-hydrogen) atoms. The van der Waals surface area contributed by atoms with Crippen LogP contribution >= 0.6 is 22.9 Å². The Morgan fingerprint density at radius 2 is 1.86 bits per heavy atom. The zero-order valence-electron chi connectivity index (χ0n) is 15.4. The van der Waals surface area contributed by atoms with Gasteiger partial charge in [0.15, 0.2) is 0 Å². The van der Waals surface area contributed by atoms with E-state index in [4.69, 9.17) is 16.3 Å². The Morgan fingerprint density at radius 1 is 1.10 bits per heavy atom. The van der Waals surface area contributed by atoms with Crippen molar-refractivity contribution in [1.82, 2.24) is 0 Å². The Hall–Kier alpha value is -2.83. The van der Waals surface area contributed by atoms with Crippen molar-refractivity contribution in [3.63, 3.8) is 0 Å². The predicted molar refractivity (Wildman–Crippen MR) is 114 cm³/mol. The minimum Gasteiger partial charge on any atom is -0.449 e. The van der Waals surface area contributed by atoms with E-state index in [0.29, 0.717) is 10.7 Å². The number of benzene rings is 2. The molecule has 4 rings (SSSR count). The molecule has 2 aromatic carbocycles. The number of halogens is 1. The Labute approximate surface area is 177 Å². The van der Waals surface area contributed by atoms with Gasteiger partial charge < -0.3 is 14.7 Å². The van der Waals surface area contributed by atoms with Crippen molar-refractivity contribution in [1.29, 1.82) is 0 Å². The number of anilines is 1. The highest BCUT2D eigenvalue weighted by atomic mass is 35.5. The molecule has 0 radical (unpaired) electrons. The molecule has 5 nitrogen and oxygen atoms in total. The molecule has 0 bridgehead atoms. The van der Waals surface area contributed by atoms with Crippen molar-refractivity contribution >= 4 is 40.7 Å². The molecule has 1 fully saturated rings. The van der Waals surface area contributed by atoms with Crippen LogP contribution in [0.25, 0.3) is 10.4 Å². The largest absolute Gasteiger partial charge is 0.512 e. The van der Waals surface area contributed by atoms with E-state index in [-0.39, 0.29) is 23.4 Å². The molecule has 1 amide bonds. The predicted octanol–water partition coefficient (Wildman–Crippen LogP) is 6.07. The second kappa shape index (κ2) is 8.27. The second-order valence-corrected chi connectivity index (χ2v) is 8.30. The van der Waals surface area contributed by atoms with E-state index in [0.717, 1.165) is 28.8 Å². The number of hydrogen-bond donors (Lipinski definition) is 1. The summed E-state index contributed by atoms with van der Waals surface area (Å²) >= 11 is 7.32. The van der Waals surface area contributed by atoms with Gasteiger partial charge in [0.25, 0.3) is 0 Å². The van der Waals surface area contributed by atoms with Gasteiger partial charge in [0.2, 0.25) is 11.0 Å². The van der Waals surface area contributed by atoms with E-state index in [1.54, 1.807) is 17.0 Å². The van der Waals surface area contributed by atoms with Crippen molar-refractivity contribution in [3.05, 3.63) is 71.2 Å². The molecule has 3 aromatic rings. The van der Waals surface area contributed by atoms with E-state index in [1.807, 2.05) is 48.5 Å². The van der Waals surface area contributed by atoms with Gasteiger partial charge in [-0.05, 0) is 42.2 Å². The maximum Gasteiger partial charge on any atom is 0.512 e. The number of thiophene rings is 1. The molecule has 1 aromatic heterocycles. The topological polar surface area (TPSA) is 66.8 Å². The highest BCUT2D eigenvalue weighted by Crippen LogP contribution is 2.45. The SMILES string of the molecule is O=C(O)Oc1sc(-c2ccccc2)cc1N(Cc1cccc(Cl)c1)C(=O)C1CC1. The molecule has 1 aliphatic rings. The van der Waals surface area contributed by atoms with E-state index in [1.165, 1.54) is 11.3 Å². The molecule has 0 atom stereocenters. The lowest BCUT2D eigenvalue weighted by molar-refractivity contribution is -0.119. The molecular formula is C22H18ClNO4S. The smallest absolute Gasteiger partial charge is 0.449 e. The molecule has 0 saturated heterocycles. The van der Waals surface area contributed by atoms with E-state index >= 15 is 0 Å². The summed E-state index contributed by atoms with van der Waals surface area (Å²) in [6.45, 7) is 0.289. The van der Waals surface area contributed by atoms with E-state index in [9.17, 15) is 14.7 Å². The fraction of sp³-hybridized carbons (Fsp3) is 0.182. The standard InChI is InChI=1S/C22H18ClNO4S/c23-17-8-4-5-14(11-17)13-24(20(25)16-9-10-16)18-12-19(15-6-2-1-3-7-15)29-21(18)28-22(26)27/h1-8,11-12,16H,9-10,13H2,(H,26,27). The molecule has 7 heteroatoms. The lowest BCUT2D eigenvalue weighted by atomic mass is 10.1. The van der Waals surface area contributed by atoms with Crippen molar-refractivity contribution in [3.8, 4) is 15.5 Å². The van der Waals surface area contributed by atoms with Gasteiger partial charge in [-0.3, -0.25) is 4.79 Å². The number of nitrogens with zero attached hydrogens (tertiary/aromatic N) is 1. The Kier molecular flexibility index (Phi) is 5.56. The maximum absolute atomic E-state index is 13.1. The van der Waals surface area contributed by atoms with Gasteiger partial charge in [-0.1, -0.05) is 65.4 Å². The number of rotatable bonds is 6. The Bertz CT molecular complexity index is 1050. The average molecular weight is 428 g/mol. The molecule has 1 saturated carbocycles. The fourth-order valence-corrected chi connectivity index (χ4v) is 4.32. The van der Waals surface area contributed by atoms with Crippen LogP contribution in [-0.4, -0.2) is 17.2 Å². The number of ether oxygens (including phenoxy) is 1. The summed E-state index contributed by atoms with van der Waals surface area (Å²) in [5, 5.41) is 9.97. The maximum atomic E-state index is 13.1. The number of amides is 1. The summed E-state index contributed by atoms with van der Waals surface area (Å²) in [5.41, 5.74) is 2.26. The highest BCUT2D eigenvalue weighted by molar-refractivity contribution is 7.18. The molecule has 0 spiro atoms. The van der Waals surface area contributed by atoms with Crippen LogP contribution in [0.15, 0.2) is 60.7 Å². The summed E-state index contributed by atoms with van der Waals surface area (Å²) in [4.78, 5) is 26.8. The van der Waals surface area contributed by atoms with Crippen molar-refractivity contribution in [2.24, 2.45) is 5.92 Å². The minimum absolute atomic E-state index is 0.0300. The summed E-state index contributed by atoms with van der Waals surface area (Å²) in [6, 6.07) is 18.7. The first-order chi connectivity index (χ1) is 14.0. The Morgan fingerprint density at radius 3 is 2.52 bits per heavy atom. The number of carboxylic acid groups (broad SMARTS) is 1. The highest BCUT2D eigenvalue weighted by Gasteiger charge is 2.36. The molecule has 1 aliphatic carbocycles. The summed E-state index contributed by atoms with van der Waals surface area (Å²) < 4.78 is 5.06. The molecule has 0 unspecified atom stereocenters. The normalized spacial score (nSPS) is 13.1. The van der Waals surface area contributed by atoms with Crippen LogP contribution in [0.1, 0.15) is 18.4 Å². The first-order valence-corrected chi connectivity index (χ1v) is 10.4. The van der Waals surface area contributed by atoms with Crippen molar-refractivity contribution in [2.45, 2.75) is 19.4 Å². The molecule has 148 valence electrons. The van der Waals surface area contributed by atoms with Crippen LogP contribution < -0.4 is 9.64 Å². The molecular weight excluding hydrogens is 410 g/mol. The average Bonchev–Trinajstić information content (AvgIpc) is 3.47. The van der Waals surface area contributed by atoms with Crippen LogP contribution in [0.5, 0.6) is 5.06 Å². The van der Waals surface area contributed by atoms with Gasteiger partial charge in [-0.15, -0.1) is 0 Å². The quantitative estimate of drug-likeness (QED) is 0.485. The van der Waals surface area contributed by atoms with E-state index in [2.05, 4.69) is 0 Å². The summed E-state index contributed by atoms with van der Waals surface area (Å²) in [6.07, 6.45) is 0.278. The van der Waals surface area contributed by atoms with Gasteiger partial charge in [-0.25, -0.2) is 4.79 Å². The van der Waals surface area contributed by atoms with Crippen LogP contribution in [0.3, 0.4) is 0 Å². The van der Waals surface area contributed by atoms with Gasteiger partial charge in [0.05, 0.1) is 12.2 Å². The number of carbonyl (C=O) groups is 2. The second-order valence-electron chi connectivity index (χ2n) is 6.85. The first-order valence-electron chi connectivity index (χ1n) is 9.17. The lowest BCUT2D eigenvalue weighted by Gasteiger charge is -2.23. The van der Waals surface area contributed by atoms with Gasteiger partial charge in [-0.2, -0.15) is 0 Å². The zero-order valence-corrected chi connectivity index (χ0v) is 16.9. The van der Waals surface area contributed by atoms with Crippen LogP contribution in [0.2, 0.25) is 5.02 Å². The van der Waals surface area contributed by atoms with Gasteiger partial charge in [0, 0.05) is 15.8 Å². The zero-order chi connectivity index (χ0) is 20.4. The van der Waals surface area contributed by atoms with Crippen molar-refractivity contribution < 1.29 is 19.4 Å². The Balaban J connectivity index is 1.76.